The number of fused-ring (bicyclic) bond motifs is 1. The van der Waals surface area contributed by atoms with E-state index in [9.17, 15) is 0 Å². The summed E-state index contributed by atoms with van der Waals surface area (Å²) in [6.45, 7) is 0. The zero-order valence-electron chi connectivity index (χ0n) is 7.86. The number of hydrogen-bond donors (Lipinski definition) is 4. The molecule has 0 radical (unpaired) electrons. The van der Waals surface area contributed by atoms with Gasteiger partial charge in [0, 0.05) is 24.2 Å². The molecule has 0 unspecified atom stereocenters. The Labute approximate surface area is 85.5 Å². The van der Waals surface area contributed by atoms with E-state index in [2.05, 4.69) is 4.98 Å². The molecule has 0 aliphatic carbocycles. The van der Waals surface area contributed by atoms with Crippen molar-refractivity contribution in [1.82, 2.24) is 9.38 Å². The Morgan fingerprint density at radius 1 is 1.20 bits per heavy atom. The number of nitrogens with zero attached hydrogens (tertiary/aromatic N) is 2. The first-order valence-electron chi connectivity index (χ1n) is 4.25. The summed E-state index contributed by atoms with van der Waals surface area (Å²) in [5.41, 5.74) is 12.2. The van der Waals surface area contributed by atoms with E-state index in [1.807, 2.05) is 0 Å². The van der Waals surface area contributed by atoms with Crippen LogP contribution in [0.3, 0.4) is 0 Å². The Hall–Kier alpha value is -2.37. The second-order valence-corrected chi connectivity index (χ2v) is 3.09. The lowest BCUT2D eigenvalue weighted by atomic mass is 10.1. The monoisotopic (exact) mass is 202 g/mol. The van der Waals surface area contributed by atoms with Crippen molar-refractivity contribution in [2.75, 3.05) is 0 Å². The zero-order valence-corrected chi connectivity index (χ0v) is 7.86. The van der Waals surface area contributed by atoms with Gasteiger partial charge in [0.15, 0.2) is 0 Å². The molecule has 15 heavy (non-hydrogen) atoms. The molecule has 0 aliphatic heterocycles. The van der Waals surface area contributed by atoms with Gasteiger partial charge >= 0.3 is 0 Å². The van der Waals surface area contributed by atoms with Gasteiger partial charge in [0.2, 0.25) is 0 Å². The Bertz CT molecular complexity index is 553. The number of nitrogens with one attached hydrogen (secondary N) is 2. The van der Waals surface area contributed by atoms with Gasteiger partial charge in [0.25, 0.3) is 0 Å². The summed E-state index contributed by atoms with van der Waals surface area (Å²) in [6, 6.07) is 1.65. The standard InChI is InChI=1S/C9H10N6/c10-7(11)5-1-3-15-4-2-14-9(15)6(5)8(12)13/h1-4H,(H3,10,11)(H3,12,13). The molecule has 0 atom stereocenters. The fraction of sp³-hybridized carbons (Fsp3) is 0. The van der Waals surface area contributed by atoms with Crippen LogP contribution >= 0.6 is 0 Å². The van der Waals surface area contributed by atoms with Gasteiger partial charge < -0.3 is 15.9 Å². The maximum atomic E-state index is 7.46. The number of nitrogen functional groups attached to an aromatic ring is 2. The molecule has 0 bridgehead atoms. The van der Waals surface area contributed by atoms with Crippen molar-refractivity contribution in [3.63, 3.8) is 0 Å². The van der Waals surface area contributed by atoms with Gasteiger partial charge in [-0.15, -0.1) is 0 Å². The number of pyridine rings is 1. The zero-order chi connectivity index (χ0) is 11.0. The van der Waals surface area contributed by atoms with Crippen LogP contribution in [0.5, 0.6) is 0 Å². The fourth-order valence-corrected chi connectivity index (χ4v) is 1.48. The number of imidazole rings is 1. The van der Waals surface area contributed by atoms with E-state index in [1.165, 1.54) is 0 Å². The molecule has 2 heterocycles. The molecule has 0 saturated carbocycles. The molecule has 0 fully saturated rings. The summed E-state index contributed by atoms with van der Waals surface area (Å²) in [5.74, 6) is -0.261. The normalized spacial score (nSPS) is 10.4. The molecule has 2 aromatic heterocycles. The lowest BCUT2D eigenvalue weighted by molar-refractivity contribution is 1.17. The Kier molecular flexibility index (Phi) is 1.89. The van der Waals surface area contributed by atoms with E-state index in [0.29, 0.717) is 16.8 Å². The van der Waals surface area contributed by atoms with Gasteiger partial charge in [-0.3, -0.25) is 10.8 Å². The van der Waals surface area contributed by atoms with E-state index < -0.39 is 0 Å². The predicted octanol–water partition coefficient (Wildman–Crippen LogP) is -0.0976. The van der Waals surface area contributed by atoms with Gasteiger partial charge in [-0.2, -0.15) is 0 Å². The Morgan fingerprint density at radius 2 is 1.93 bits per heavy atom. The third-order valence-electron chi connectivity index (χ3n) is 2.12. The summed E-state index contributed by atoms with van der Waals surface area (Å²) >= 11 is 0. The van der Waals surface area contributed by atoms with Crippen LogP contribution in [-0.4, -0.2) is 21.1 Å². The highest BCUT2D eigenvalue weighted by atomic mass is 15.0. The first-order valence-corrected chi connectivity index (χ1v) is 4.25. The van der Waals surface area contributed by atoms with E-state index in [-0.39, 0.29) is 11.7 Å². The highest BCUT2D eigenvalue weighted by Crippen LogP contribution is 2.13. The van der Waals surface area contributed by atoms with Crippen molar-refractivity contribution in [3.05, 3.63) is 35.8 Å². The SMILES string of the molecule is N=C(N)c1ccn2ccnc2c1C(=N)N. The molecule has 76 valence electrons. The lowest BCUT2D eigenvalue weighted by Crippen LogP contribution is -2.21. The maximum Gasteiger partial charge on any atom is 0.148 e. The molecule has 2 aromatic rings. The third kappa shape index (κ3) is 1.32. The van der Waals surface area contributed by atoms with Gasteiger partial charge in [0.1, 0.15) is 17.3 Å². The van der Waals surface area contributed by atoms with Crippen molar-refractivity contribution in [2.24, 2.45) is 11.5 Å². The summed E-state index contributed by atoms with van der Waals surface area (Å²) in [7, 11) is 0. The highest BCUT2D eigenvalue weighted by molar-refractivity contribution is 6.11. The largest absolute Gasteiger partial charge is 0.384 e. The molecule has 0 saturated heterocycles. The number of aromatic nitrogens is 2. The van der Waals surface area contributed by atoms with Crippen molar-refractivity contribution in [2.45, 2.75) is 0 Å². The summed E-state index contributed by atoms with van der Waals surface area (Å²) < 4.78 is 1.73. The summed E-state index contributed by atoms with van der Waals surface area (Å²) in [4.78, 5) is 4.07. The van der Waals surface area contributed by atoms with Crippen LogP contribution in [0.15, 0.2) is 24.7 Å². The second-order valence-electron chi connectivity index (χ2n) is 3.09. The topological polar surface area (TPSA) is 117 Å². The molecule has 0 aliphatic rings. The summed E-state index contributed by atoms with van der Waals surface area (Å²) in [6.07, 6.45) is 5.07. The number of rotatable bonds is 2. The average Bonchev–Trinajstić information content (AvgIpc) is 2.62. The molecular formula is C9H10N6. The van der Waals surface area contributed by atoms with E-state index >= 15 is 0 Å². The Morgan fingerprint density at radius 3 is 2.53 bits per heavy atom. The smallest absolute Gasteiger partial charge is 0.148 e. The van der Waals surface area contributed by atoms with Crippen LogP contribution in [0.4, 0.5) is 0 Å². The average molecular weight is 202 g/mol. The van der Waals surface area contributed by atoms with Crippen LogP contribution in [0, 0.1) is 10.8 Å². The molecule has 0 amide bonds. The van der Waals surface area contributed by atoms with Crippen LogP contribution in [0.1, 0.15) is 11.1 Å². The molecule has 2 rings (SSSR count). The minimum absolute atomic E-state index is 0.120. The molecule has 6 nitrogen and oxygen atoms in total. The fourth-order valence-electron chi connectivity index (χ4n) is 1.48. The van der Waals surface area contributed by atoms with Crippen LogP contribution in [-0.2, 0) is 0 Å². The molecule has 0 spiro atoms. The van der Waals surface area contributed by atoms with Gasteiger partial charge in [-0.1, -0.05) is 0 Å². The van der Waals surface area contributed by atoms with Gasteiger partial charge in [-0.25, -0.2) is 4.98 Å². The number of nitrogens with two attached hydrogens (primary N) is 2. The molecule has 6 N–H and O–H groups in total. The number of hydrogen-bond acceptors (Lipinski definition) is 3. The van der Waals surface area contributed by atoms with Crippen LogP contribution < -0.4 is 11.5 Å². The van der Waals surface area contributed by atoms with Crippen LogP contribution in [0.2, 0.25) is 0 Å². The minimum Gasteiger partial charge on any atom is -0.384 e. The third-order valence-corrected chi connectivity index (χ3v) is 2.12. The van der Waals surface area contributed by atoms with E-state index in [1.54, 1.807) is 29.1 Å². The van der Waals surface area contributed by atoms with Gasteiger partial charge in [0.05, 0.1) is 5.56 Å². The van der Waals surface area contributed by atoms with Gasteiger partial charge in [-0.05, 0) is 6.07 Å². The highest BCUT2D eigenvalue weighted by Gasteiger charge is 2.13. The second kappa shape index (κ2) is 3.09. The molecular weight excluding hydrogens is 192 g/mol. The van der Waals surface area contributed by atoms with Crippen molar-refractivity contribution < 1.29 is 0 Å². The summed E-state index contributed by atoms with van der Waals surface area (Å²) in [5, 5.41) is 14.8. The van der Waals surface area contributed by atoms with Crippen LogP contribution in [0.25, 0.3) is 5.65 Å². The maximum absolute atomic E-state index is 7.46. The molecule has 0 aromatic carbocycles. The molecule has 6 heteroatoms. The van der Waals surface area contributed by atoms with Crippen molar-refractivity contribution in [3.8, 4) is 0 Å². The van der Waals surface area contributed by atoms with E-state index in [4.69, 9.17) is 22.3 Å². The first-order chi connectivity index (χ1) is 7.11. The first kappa shape index (κ1) is 9.20. The van der Waals surface area contributed by atoms with E-state index in [0.717, 1.165) is 0 Å². The number of amidine groups is 2. The van der Waals surface area contributed by atoms with Crippen molar-refractivity contribution >= 4 is 17.3 Å². The van der Waals surface area contributed by atoms with Crippen molar-refractivity contribution in [1.29, 1.82) is 10.8 Å². The Balaban J connectivity index is 2.87. The quantitative estimate of drug-likeness (QED) is 0.402. The lowest BCUT2D eigenvalue weighted by Gasteiger charge is -2.07. The minimum atomic E-state index is -0.142. The predicted molar refractivity (Wildman–Crippen MR) is 57.2 cm³/mol.